The van der Waals surface area contributed by atoms with Gasteiger partial charge in [-0.3, -0.25) is 14.4 Å². The first-order chi connectivity index (χ1) is 15.1. The standard InChI is InChI=1S/C20H32N6O5S/c1-9-15-14(10(2)24-13(27)6-23-3)19(29)26(15)16(20(30)31)17(9)32-8-12(22)18(28)25-5-4-11(21)7-25/h9-12,14-15,23H,4-8,21-22H2,1-3H3,(H,24,27)(H,30,31)/t9-,10?,11-,12?,14-,15-/m1/s1. The summed E-state index contributed by atoms with van der Waals surface area (Å²) in [5.41, 5.74) is 11.9. The zero-order chi connectivity index (χ0) is 23.7. The Hall–Kier alpha value is -2.15. The number of nitrogens with zero attached hydrogens (tertiary/aromatic N) is 2. The lowest BCUT2D eigenvalue weighted by Gasteiger charge is -2.47. The largest absolute Gasteiger partial charge is 0.477 e. The van der Waals surface area contributed by atoms with Crippen molar-refractivity contribution in [2.75, 3.05) is 32.4 Å². The number of carbonyl (C=O) groups excluding carboxylic acids is 3. The topological polar surface area (TPSA) is 171 Å². The number of aliphatic carboxylic acids is 1. The maximum absolute atomic E-state index is 12.8. The molecule has 178 valence electrons. The molecule has 3 heterocycles. The Morgan fingerprint density at radius 2 is 2.03 bits per heavy atom. The number of likely N-dealkylation sites (tertiary alicyclic amines) is 1. The van der Waals surface area contributed by atoms with Gasteiger partial charge in [-0.2, -0.15) is 0 Å². The molecule has 3 rings (SSSR count). The third-order valence-electron chi connectivity index (χ3n) is 6.33. The van der Waals surface area contributed by atoms with E-state index < -0.39 is 24.0 Å². The van der Waals surface area contributed by atoms with Gasteiger partial charge in [0.15, 0.2) is 0 Å². The molecule has 0 aromatic carbocycles. The zero-order valence-corrected chi connectivity index (χ0v) is 19.4. The summed E-state index contributed by atoms with van der Waals surface area (Å²) in [5, 5.41) is 15.4. The lowest BCUT2D eigenvalue weighted by Crippen LogP contribution is -2.66. The fourth-order valence-corrected chi connectivity index (χ4v) is 5.99. The average Bonchev–Trinajstić information content (AvgIpc) is 3.25. The van der Waals surface area contributed by atoms with Gasteiger partial charge in [-0.1, -0.05) is 6.92 Å². The van der Waals surface area contributed by atoms with Gasteiger partial charge >= 0.3 is 5.97 Å². The molecule has 7 N–H and O–H groups in total. The molecule has 0 radical (unpaired) electrons. The van der Waals surface area contributed by atoms with E-state index in [0.717, 1.165) is 6.42 Å². The molecule has 32 heavy (non-hydrogen) atoms. The van der Waals surface area contributed by atoms with E-state index in [1.807, 2.05) is 6.92 Å². The van der Waals surface area contributed by atoms with E-state index in [4.69, 9.17) is 11.5 Å². The number of carboxylic acid groups (broad SMARTS) is 1. The molecular formula is C20H32N6O5S. The minimum absolute atomic E-state index is 0.0445. The van der Waals surface area contributed by atoms with Crippen LogP contribution >= 0.6 is 11.8 Å². The van der Waals surface area contributed by atoms with Crippen LogP contribution in [0.25, 0.3) is 0 Å². The average molecular weight is 469 g/mol. The van der Waals surface area contributed by atoms with Crippen LogP contribution in [0.2, 0.25) is 0 Å². The molecule has 0 saturated carbocycles. The Morgan fingerprint density at radius 1 is 1.34 bits per heavy atom. The maximum atomic E-state index is 12.8. The van der Waals surface area contributed by atoms with Crippen LogP contribution in [-0.2, 0) is 19.2 Å². The summed E-state index contributed by atoms with van der Waals surface area (Å²) in [4.78, 5) is 52.8. The van der Waals surface area contributed by atoms with Crippen LogP contribution in [0, 0.1) is 11.8 Å². The molecule has 6 atom stereocenters. The van der Waals surface area contributed by atoms with Crippen molar-refractivity contribution in [2.24, 2.45) is 23.3 Å². The maximum Gasteiger partial charge on any atom is 0.353 e. The Bertz CT molecular complexity index is 835. The molecule has 3 amide bonds. The molecule has 0 spiro atoms. The first-order valence-corrected chi connectivity index (χ1v) is 11.7. The van der Waals surface area contributed by atoms with Crippen LogP contribution in [0.4, 0.5) is 0 Å². The van der Waals surface area contributed by atoms with Crippen LogP contribution < -0.4 is 22.1 Å². The normalized spacial score (nSPS) is 29.0. The highest BCUT2D eigenvalue weighted by Gasteiger charge is 2.60. The minimum Gasteiger partial charge on any atom is -0.477 e. The number of carbonyl (C=O) groups is 4. The quantitative estimate of drug-likeness (QED) is 0.242. The second-order valence-corrected chi connectivity index (χ2v) is 9.73. The first-order valence-electron chi connectivity index (χ1n) is 10.8. The van der Waals surface area contributed by atoms with Gasteiger partial charge in [-0.05, 0) is 20.4 Å². The van der Waals surface area contributed by atoms with Gasteiger partial charge in [0.1, 0.15) is 5.70 Å². The Balaban J connectivity index is 1.69. The second-order valence-electron chi connectivity index (χ2n) is 8.67. The molecule has 0 aliphatic carbocycles. The van der Waals surface area contributed by atoms with Gasteiger partial charge in [0.25, 0.3) is 0 Å². The van der Waals surface area contributed by atoms with Gasteiger partial charge in [-0.25, -0.2) is 4.79 Å². The number of rotatable bonds is 9. The fraction of sp³-hybridized carbons (Fsp3) is 0.700. The van der Waals surface area contributed by atoms with E-state index in [1.54, 1.807) is 18.9 Å². The van der Waals surface area contributed by atoms with Gasteiger partial charge < -0.3 is 37.0 Å². The Labute approximate surface area is 191 Å². The molecule has 2 fully saturated rings. The van der Waals surface area contributed by atoms with Crippen molar-refractivity contribution in [3.63, 3.8) is 0 Å². The van der Waals surface area contributed by atoms with Crippen LogP contribution in [0.5, 0.6) is 0 Å². The SMILES string of the molecule is CNCC(=O)NC(C)[C@H]1C(=O)N2C(C(=O)O)=C(SCC(N)C(=O)N3CC[C@@H](N)C3)[C@H](C)[C@H]12. The number of hydrogen-bond donors (Lipinski definition) is 5. The van der Waals surface area contributed by atoms with Crippen molar-refractivity contribution in [3.05, 3.63) is 10.6 Å². The first kappa shape index (κ1) is 24.5. The smallest absolute Gasteiger partial charge is 0.353 e. The van der Waals surface area contributed by atoms with Gasteiger partial charge in [-0.15, -0.1) is 11.8 Å². The highest BCUT2D eigenvalue weighted by Crippen LogP contribution is 2.50. The summed E-state index contributed by atoms with van der Waals surface area (Å²) in [6, 6.07) is -1.63. The van der Waals surface area contributed by atoms with Crippen molar-refractivity contribution >= 4 is 35.5 Å². The van der Waals surface area contributed by atoms with E-state index in [1.165, 1.54) is 16.7 Å². The van der Waals surface area contributed by atoms with Crippen LogP contribution in [0.1, 0.15) is 20.3 Å². The summed E-state index contributed by atoms with van der Waals surface area (Å²) in [5.74, 6) is -2.51. The Morgan fingerprint density at radius 3 is 2.59 bits per heavy atom. The zero-order valence-electron chi connectivity index (χ0n) is 18.5. The number of β-lactam (4-membered cyclic amide) rings is 1. The third-order valence-corrected chi connectivity index (χ3v) is 7.73. The number of nitrogens with two attached hydrogens (primary N) is 2. The third kappa shape index (κ3) is 4.49. The van der Waals surface area contributed by atoms with Crippen molar-refractivity contribution < 1.29 is 24.3 Å². The number of carboxylic acids is 1. The van der Waals surface area contributed by atoms with Gasteiger partial charge in [0.2, 0.25) is 17.7 Å². The van der Waals surface area contributed by atoms with Crippen LogP contribution in [-0.4, -0.2) is 95.2 Å². The van der Waals surface area contributed by atoms with E-state index >= 15 is 0 Å². The number of nitrogens with one attached hydrogen (secondary N) is 2. The number of fused-ring (bicyclic) bond motifs is 1. The lowest BCUT2D eigenvalue weighted by molar-refractivity contribution is -0.158. The molecular weight excluding hydrogens is 436 g/mol. The van der Waals surface area contributed by atoms with E-state index in [-0.39, 0.29) is 53.7 Å². The Kier molecular flexibility index (Phi) is 7.48. The summed E-state index contributed by atoms with van der Waals surface area (Å²) in [6.07, 6.45) is 0.736. The predicted octanol–water partition coefficient (Wildman–Crippen LogP) is -1.90. The summed E-state index contributed by atoms with van der Waals surface area (Å²) < 4.78 is 0. The molecule has 2 saturated heterocycles. The molecule has 3 aliphatic heterocycles. The highest BCUT2D eigenvalue weighted by atomic mass is 32.2. The molecule has 0 aromatic heterocycles. The lowest BCUT2D eigenvalue weighted by atomic mass is 9.78. The fourth-order valence-electron chi connectivity index (χ4n) is 4.76. The molecule has 11 nitrogen and oxygen atoms in total. The van der Waals surface area contributed by atoms with Gasteiger partial charge in [0, 0.05) is 41.7 Å². The monoisotopic (exact) mass is 468 g/mol. The molecule has 3 aliphatic rings. The number of likely N-dealkylation sites (N-methyl/N-ethyl adjacent to an activating group) is 1. The molecule has 2 unspecified atom stereocenters. The summed E-state index contributed by atoms with van der Waals surface area (Å²) in [6.45, 7) is 4.79. The van der Waals surface area contributed by atoms with E-state index in [2.05, 4.69) is 10.6 Å². The van der Waals surface area contributed by atoms with Gasteiger partial charge in [0.05, 0.1) is 24.5 Å². The molecule has 12 heteroatoms. The van der Waals surface area contributed by atoms with E-state index in [9.17, 15) is 24.3 Å². The predicted molar refractivity (Wildman–Crippen MR) is 119 cm³/mol. The molecule has 0 bridgehead atoms. The number of amides is 3. The van der Waals surface area contributed by atoms with Crippen LogP contribution in [0.15, 0.2) is 10.6 Å². The summed E-state index contributed by atoms with van der Waals surface area (Å²) in [7, 11) is 1.65. The van der Waals surface area contributed by atoms with Crippen molar-refractivity contribution in [1.29, 1.82) is 0 Å². The number of thioether (sulfide) groups is 1. The van der Waals surface area contributed by atoms with Crippen molar-refractivity contribution in [2.45, 2.75) is 44.4 Å². The number of hydrogen-bond acceptors (Lipinski definition) is 8. The van der Waals surface area contributed by atoms with Crippen LogP contribution in [0.3, 0.4) is 0 Å². The highest BCUT2D eigenvalue weighted by molar-refractivity contribution is 8.03. The van der Waals surface area contributed by atoms with E-state index in [0.29, 0.717) is 18.0 Å². The van der Waals surface area contributed by atoms with Crippen molar-refractivity contribution in [1.82, 2.24) is 20.4 Å². The van der Waals surface area contributed by atoms with Crippen molar-refractivity contribution in [3.8, 4) is 0 Å². The minimum atomic E-state index is -1.19. The molecule has 0 aromatic rings. The second kappa shape index (κ2) is 9.77. The summed E-state index contributed by atoms with van der Waals surface area (Å²) >= 11 is 1.21.